The van der Waals surface area contributed by atoms with Crippen LogP contribution in [0.25, 0.3) is 0 Å². The number of aliphatic carboxylic acids is 1. The number of carboxylic acids is 1. The molecule has 0 saturated heterocycles. The minimum atomic E-state index is -1.09. The first-order valence-electron chi connectivity index (χ1n) is 11.6. The molecule has 2 atom stereocenters. The van der Waals surface area contributed by atoms with E-state index in [-0.39, 0.29) is 12.5 Å². The van der Waals surface area contributed by atoms with E-state index in [2.05, 4.69) is 18.5 Å². The maximum atomic E-state index is 13.1. The maximum Gasteiger partial charge on any atom is 0.306 e. The fraction of sp³-hybridized carbons (Fsp3) is 0.310. The number of carbonyl (C=O) groups excluding carboxylic acids is 1. The number of hydrogen-bond acceptors (Lipinski definition) is 3. The Morgan fingerprint density at radius 2 is 1.91 bits per heavy atom. The molecule has 1 unspecified atom stereocenters. The van der Waals surface area contributed by atoms with Gasteiger partial charge in [-0.1, -0.05) is 49.9 Å². The summed E-state index contributed by atoms with van der Waals surface area (Å²) in [7, 11) is 0. The van der Waals surface area contributed by atoms with Crippen molar-refractivity contribution in [3.8, 4) is 5.75 Å². The van der Waals surface area contributed by atoms with E-state index in [9.17, 15) is 19.1 Å². The van der Waals surface area contributed by atoms with Gasteiger partial charge in [0.1, 0.15) is 17.7 Å². The van der Waals surface area contributed by atoms with E-state index < -0.39 is 18.1 Å². The second-order valence-electron chi connectivity index (χ2n) is 8.12. The van der Waals surface area contributed by atoms with E-state index in [1.165, 1.54) is 13.0 Å². The lowest BCUT2D eigenvalue weighted by Gasteiger charge is -2.13. The molecule has 0 spiro atoms. The minimum Gasteiger partial charge on any atom is -0.481 e. The number of amides is 1. The Morgan fingerprint density at radius 1 is 1.26 bits per heavy atom. The standard InChI is InChI=1S/C29H36FNO4/c1-7-10-25(14-11-21(6)30)35-26-15-12-23(13-16-26)19-31-28(32)27(20(4)5)18-22(8-2)17-24(9-3)29(33)34/h7-8,10-16,18,21,24H,1,4,9,17,19H2,2-3,5-6H3,(H,31,32)(H,33,34)/b14-11-,22-8-,25-10+,27-18+/t21?,24-/m1/s1. The summed E-state index contributed by atoms with van der Waals surface area (Å²) in [6.07, 6.45) is 9.40. The van der Waals surface area contributed by atoms with Crippen LogP contribution >= 0.6 is 0 Å². The summed E-state index contributed by atoms with van der Waals surface area (Å²) in [5.41, 5.74) is 2.63. The molecule has 1 amide bonds. The Morgan fingerprint density at radius 3 is 2.40 bits per heavy atom. The lowest BCUT2D eigenvalue weighted by molar-refractivity contribution is -0.141. The molecule has 0 fully saturated rings. The van der Waals surface area contributed by atoms with Crippen molar-refractivity contribution in [3.63, 3.8) is 0 Å². The van der Waals surface area contributed by atoms with Crippen molar-refractivity contribution < 1.29 is 23.8 Å². The van der Waals surface area contributed by atoms with Gasteiger partial charge in [0.2, 0.25) is 0 Å². The molecule has 0 aliphatic rings. The van der Waals surface area contributed by atoms with E-state index in [1.54, 1.807) is 43.4 Å². The van der Waals surface area contributed by atoms with Crippen molar-refractivity contribution in [1.29, 1.82) is 0 Å². The number of benzene rings is 1. The Balaban J connectivity index is 2.88. The highest BCUT2D eigenvalue weighted by Gasteiger charge is 2.17. The smallest absolute Gasteiger partial charge is 0.306 e. The molecule has 0 saturated carbocycles. The first-order valence-corrected chi connectivity index (χ1v) is 11.6. The van der Waals surface area contributed by atoms with Gasteiger partial charge in [-0.3, -0.25) is 9.59 Å². The predicted octanol–water partition coefficient (Wildman–Crippen LogP) is 6.62. The molecule has 5 nitrogen and oxygen atoms in total. The summed E-state index contributed by atoms with van der Waals surface area (Å²) < 4.78 is 18.8. The lowest BCUT2D eigenvalue weighted by atomic mass is 9.94. The average Bonchev–Trinajstić information content (AvgIpc) is 2.81. The number of alkyl halides is 1. The SMILES string of the molecule is C=C/C=C(\C=C/C(C)F)Oc1ccc(CNC(=O)/C(=C/C(=C\C)C[C@@H](CC)C(=O)O)C(=C)C)cc1. The van der Waals surface area contributed by atoms with Crippen LogP contribution in [0.5, 0.6) is 5.75 Å². The Labute approximate surface area is 208 Å². The number of carboxylic acid groups (broad SMARTS) is 1. The number of ether oxygens (including phenoxy) is 1. The summed E-state index contributed by atoms with van der Waals surface area (Å²) in [5, 5.41) is 12.2. The summed E-state index contributed by atoms with van der Waals surface area (Å²) in [4.78, 5) is 24.2. The monoisotopic (exact) mass is 481 g/mol. The van der Waals surface area contributed by atoms with Crippen molar-refractivity contribution in [2.24, 2.45) is 5.92 Å². The lowest BCUT2D eigenvalue weighted by Crippen LogP contribution is -2.25. The topological polar surface area (TPSA) is 75.6 Å². The van der Waals surface area contributed by atoms with E-state index in [0.717, 1.165) is 11.1 Å². The largest absolute Gasteiger partial charge is 0.481 e. The summed E-state index contributed by atoms with van der Waals surface area (Å²) in [6.45, 7) is 14.6. The molecule has 188 valence electrons. The van der Waals surface area contributed by atoms with Gasteiger partial charge < -0.3 is 15.2 Å². The normalized spacial score (nSPS) is 14.4. The molecule has 0 bridgehead atoms. The van der Waals surface area contributed by atoms with Crippen molar-refractivity contribution in [3.05, 3.63) is 102 Å². The highest BCUT2D eigenvalue weighted by molar-refractivity contribution is 5.98. The number of hydrogen-bond donors (Lipinski definition) is 2. The molecule has 0 aromatic heterocycles. The summed E-state index contributed by atoms with van der Waals surface area (Å²) >= 11 is 0. The highest BCUT2D eigenvalue weighted by Crippen LogP contribution is 2.21. The second-order valence-corrected chi connectivity index (χ2v) is 8.12. The quantitative estimate of drug-likeness (QED) is 0.178. The van der Waals surface area contributed by atoms with Gasteiger partial charge in [-0.2, -0.15) is 0 Å². The molecule has 0 heterocycles. The second kappa shape index (κ2) is 15.3. The number of carbonyl (C=O) groups is 2. The molecule has 1 aromatic rings. The van der Waals surface area contributed by atoms with Gasteiger partial charge in [-0.25, -0.2) is 4.39 Å². The summed E-state index contributed by atoms with van der Waals surface area (Å²) in [5.74, 6) is -0.634. The van der Waals surface area contributed by atoms with Gasteiger partial charge in [0.25, 0.3) is 5.91 Å². The van der Waals surface area contributed by atoms with Crippen LogP contribution in [0.3, 0.4) is 0 Å². The van der Waals surface area contributed by atoms with E-state index in [0.29, 0.717) is 35.5 Å². The van der Waals surface area contributed by atoms with Crippen LogP contribution in [0.2, 0.25) is 0 Å². The van der Waals surface area contributed by atoms with Crippen LogP contribution in [0.4, 0.5) is 4.39 Å². The summed E-state index contributed by atoms with van der Waals surface area (Å²) in [6, 6.07) is 7.16. The molecule has 1 aromatic carbocycles. The molecule has 6 heteroatoms. The van der Waals surface area contributed by atoms with Crippen molar-refractivity contribution in [1.82, 2.24) is 5.32 Å². The number of allylic oxidation sites excluding steroid dienone is 7. The van der Waals surface area contributed by atoms with Crippen molar-refractivity contribution in [2.75, 3.05) is 0 Å². The zero-order chi connectivity index (χ0) is 26.4. The molecule has 0 radical (unpaired) electrons. The first-order chi connectivity index (χ1) is 16.6. The molecule has 0 aliphatic carbocycles. The molecule has 1 rings (SSSR count). The van der Waals surface area contributed by atoms with E-state index in [4.69, 9.17) is 4.74 Å². The highest BCUT2D eigenvalue weighted by atomic mass is 19.1. The zero-order valence-electron chi connectivity index (χ0n) is 21.0. The average molecular weight is 482 g/mol. The third-order valence-electron chi connectivity index (χ3n) is 5.15. The predicted molar refractivity (Wildman–Crippen MR) is 140 cm³/mol. The van der Waals surface area contributed by atoms with E-state index in [1.807, 2.05) is 32.1 Å². The van der Waals surface area contributed by atoms with Gasteiger partial charge in [-0.05, 0) is 81.2 Å². The zero-order valence-corrected chi connectivity index (χ0v) is 21.0. The van der Waals surface area contributed by atoms with Crippen LogP contribution in [0.1, 0.15) is 46.1 Å². The fourth-order valence-corrected chi connectivity index (χ4v) is 3.08. The third-order valence-corrected chi connectivity index (χ3v) is 5.15. The van der Waals surface area contributed by atoms with Gasteiger partial charge in [0.05, 0.1) is 5.92 Å². The fourth-order valence-electron chi connectivity index (χ4n) is 3.08. The van der Waals surface area contributed by atoms with Crippen molar-refractivity contribution >= 4 is 11.9 Å². The molecular weight excluding hydrogens is 445 g/mol. The maximum absolute atomic E-state index is 13.1. The molecule has 0 aliphatic heterocycles. The van der Waals surface area contributed by atoms with Crippen LogP contribution in [0.15, 0.2) is 96.4 Å². The number of halogens is 1. The van der Waals surface area contributed by atoms with Gasteiger partial charge in [0, 0.05) is 12.1 Å². The number of nitrogens with one attached hydrogen (secondary N) is 1. The third kappa shape index (κ3) is 10.9. The van der Waals surface area contributed by atoms with Gasteiger partial charge in [-0.15, -0.1) is 0 Å². The Bertz CT molecular complexity index is 1010. The van der Waals surface area contributed by atoms with Crippen LogP contribution < -0.4 is 10.1 Å². The van der Waals surface area contributed by atoms with Crippen LogP contribution in [-0.4, -0.2) is 23.2 Å². The van der Waals surface area contributed by atoms with Crippen LogP contribution in [0, 0.1) is 5.92 Å². The van der Waals surface area contributed by atoms with E-state index >= 15 is 0 Å². The Hall–Kier alpha value is -3.67. The van der Waals surface area contributed by atoms with Crippen molar-refractivity contribution in [2.45, 2.75) is 53.3 Å². The van der Waals surface area contributed by atoms with Gasteiger partial charge >= 0.3 is 5.97 Å². The van der Waals surface area contributed by atoms with Crippen LogP contribution in [-0.2, 0) is 16.1 Å². The minimum absolute atomic E-state index is 0.288. The molecule has 35 heavy (non-hydrogen) atoms. The molecule has 2 N–H and O–H groups in total. The molecular formula is C29H36FNO4. The first kappa shape index (κ1) is 29.4. The van der Waals surface area contributed by atoms with Gasteiger partial charge in [0.15, 0.2) is 0 Å². The number of rotatable bonds is 14. The Kier molecular flexibility index (Phi) is 12.8.